The van der Waals surface area contributed by atoms with Gasteiger partial charge in [0.25, 0.3) is 5.56 Å². The van der Waals surface area contributed by atoms with Crippen LogP contribution in [-0.2, 0) is 6.61 Å². The molecule has 1 aromatic carbocycles. The van der Waals surface area contributed by atoms with Gasteiger partial charge < -0.3 is 9.26 Å². The first-order valence-electron chi connectivity index (χ1n) is 6.31. The van der Waals surface area contributed by atoms with Crippen LogP contribution in [0.4, 0.5) is 0 Å². The Morgan fingerprint density at radius 2 is 1.95 bits per heavy atom. The molecular weight excluding hydrogens is 256 g/mol. The van der Waals surface area contributed by atoms with Crippen LogP contribution in [0.5, 0.6) is 5.75 Å². The number of hydrogen-bond donors (Lipinski definition) is 0. The zero-order chi connectivity index (χ0) is 14.1. The Morgan fingerprint density at radius 1 is 1.20 bits per heavy atom. The topological polar surface area (TPSA) is 56.7 Å². The van der Waals surface area contributed by atoms with Crippen molar-refractivity contribution in [1.82, 2.24) is 9.56 Å². The van der Waals surface area contributed by atoms with Crippen molar-refractivity contribution in [3.63, 3.8) is 0 Å². The second-order valence-corrected chi connectivity index (χ2v) is 4.69. The van der Waals surface area contributed by atoms with E-state index in [1.54, 1.807) is 13.0 Å². The van der Waals surface area contributed by atoms with E-state index in [0.29, 0.717) is 17.1 Å². The standard InChI is InChI=1S/C15H14N2O3/c1-10-3-5-13(6-4-10)19-9-12-8-15(18)17-14(16-12)7-11(2)20-17/h3-8H,9H2,1-2H3. The minimum atomic E-state index is -0.245. The summed E-state index contributed by atoms with van der Waals surface area (Å²) < 4.78 is 12.0. The third kappa shape index (κ3) is 2.42. The van der Waals surface area contributed by atoms with Crippen LogP contribution in [0.1, 0.15) is 17.0 Å². The van der Waals surface area contributed by atoms with E-state index in [4.69, 9.17) is 9.26 Å². The van der Waals surface area contributed by atoms with E-state index in [0.717, 1.165) is 5.75 Å². The second kappa shape index (κ2) is 4.85. The number of fused-ring (bicyclic) bond motifs is 1. The van der Waals surface area contributed by atoms with Crippen LogP contribution in [0.2, 0.25) is 0 Å². The lowest BCUT2D eigenvalue weighted by Gasteiger charge is -2.05. The van der Waals surface area contributed by atoms with E-state index >= 15 is 0 Å². The Hall–Kier alpha value is -2.56. The molecular formula is C15H14N2O3. The summed E-state index contributed by atoms with van der Waals surface area (Å²) in [4.78, 5) is 16.2. The lowest BCUT2D eigenvalue weighted by Crippen LogP contribution is -2.14. The SMILES string of the molecule is Cc1ccc(OCc2cc(=O)n3oc(C)cc3n2)cc1. The number of aryl methyl sites for hydroxylation is 2. The summed E-state index contributed by atoms with van der Waals surface area (Å²) in [5.74, 6) is 1.40. The second-order valence-electron chi connectivity index (χ2n) is 4.69. The fourth-order valence-electron chi connectivity index (χ4n) is 1.94. The van der Waals surface area contributed by atoms with Crippen molar-refractivity contribution in [2.75, 3.05) is 0 Å². The number of rotatable bonds is 3. The van der Waals surface area contributed by atoms with Crippen molar-refractivity contribution in [2.24, 2.45) is 0 Å². The Labute approximate surface area is 115 Å². The summed E-state index contributed by atoms with van der Waals surface area (Å²) in [5, 5.41) is 0. The maximum atomic E-state index is 11.8. The minimum absolute atomic E-state index is 0.245. The molecule has 0 N–H and O–H groups in total. The third-order valence-electron chi connectivity index (χ3n) is 2.93. The molecule has 0 aliphatic heterocycles. The van der Waals surface area contributed by atoms with Gasteiger partial charge in [-0.3, -0.25) is 4.79 Å². The first-order valence-corrected chi connectivity index (χ1v) is 6.31. The van der Waals surface area contributed by atoms with Crippen LogP contribution in [-0.4, -0.2) is 9.56 Å². The van der Waals surface area contributed by atoms with Gasteiger partial charge in [-0.2, -0.15) is 0 Å². The van der Waals surface area contributed by atoms with Crippen LogP contribution < -0.4 is 10.3 Å². The van der Waals surface area contributed by atoms with Gasteiger partial charge in [-0.25, -0.2) is 4.98 Å². The van der Waals surface area contributed by atoms with Crippen LogP contribution in [0.3, 0.4) is 0 Å². The summed E-state index contributed by atoms with van der Waals surface area (Å²) in [6.07, 6.45) is 0. The van der Waals surface area contributed by atoms with Crippen molar-refractivity contribution >= 4 is 5.65 Å². The van der Waals surface area contributed by atoms with Gasteiger partial charge in [-0.15, -0.1) is 4.57 Å². The molecule has 0 fully saturated rings. The van der Waals surface area contributed by atoms with Crippen LogP contribution in [0.25, 0.3) is 5.65 Å². The highest BCUT2D eigenvalue weighted by Crippen LogP contribution is 2.13. The minimum Gasteiger partial charge on any atom is -0.487 e. The quantitative estimate of drug-likeness (QED) is 0.733. The van der Waals surface area contributed by atoms with Crippen molar-refractivity contribution in [3.05, 3.63) is 63.8 Å². The van der Waals surface area contributed by atoms with Gasteiger partial charge in [0.2, 0.25) is 0 Å². The Bertz CT molecular complexity index is 800. The average molecular weight is 270 g/mol. The molecule has 5 nitrogen and oxygen atoms in total. The van der Waals surface area contributed by atoms with Gasteiger partial charge in [-0.1, -0.05) is 17.7 Å². The first-order chi connectivity index (χ1) is 9.61. The monoisotopic (exact) mass is 270 g/mol. The van der Waals surface area contributed by atoms with Crippen molar-refractivity contribution in [3.8, 4) is 5.75 Å². The fraction of sp³-hybridized carbons (Fsp3) is 0.200. The zero-order valence-electron chi connectivity index (χ0n) is 11.3. The third-order valence-corrected chi connectivity index (χ3v) is 2.93. The van der Waals surface area contributed by atoms with Gasteiger partial charge in [0.15, 0.2) is 5.65 Å². The van der Waals surface area contributed by atoms with Crippen LogP contribution in [0, 0.1) is 13.8 Å². The molecule has 0 aliphatic rings. The van der Waals surface area contributed by atoms with Crippen molar-refractivity contribution in [2.45, 2.75) is 20.5 Å². The van der Waals surface area contributed by atoms with Crippen LogP contribution >= 0.6 is 0 Å². The number of nitrogens with zero attached hydrogens (tertiary/aromatic N) is 2. The van der Waals surface area contributed by atoms with Gasteiger partial charge in [0.05, 0.1) is 5.69 Å². The summed E-state index contributed by atoms with van der Waals surface area (Å²) in [6.45, 7) is 4.04. The molecule has 2 heterocycles. The molecule has 0 aliphatic carbocycles. The van der Waals surface area contributed by atoms with E-state index in [2.05, 4.69) is 4.98 Å². The lowest BCUT2D eigenvalue weighted by molar-refractivity contribution is 0.298. The molecule has 0 saturated heterocycles. The lowest BCUT2D eigenvalue weighted by atomic mass is 10.2. The number of aromatic nitrogens is 2. The summed E-state index contributed by atoms with van der Waals surface area (Å²) in [6, 6.07) is 10.9. The summed E-state index contributed by atoms with van der Waals surface area (Å²) in [5.41, 5.74) is 2.00. The maximum Gasteiger partial charge on any atom is 0.287 e. The molecule has 3 aromatic rings. The largest absolute Gasteiger partial charge is 0.487 e. The van der Waals surface area contributed by atoms with Crippen molar-refractivity contribution < 1.29 is 9.26 Å². The number of ether oxygens (including phenoxy) is 1. The number of benzene rings is 1. The van der Waals surface area contributed by atoms with Gasteiger partial charge in [0, 0.05) is 12.1 Å². The number of hydrogen-bond acceptors (Lipinski definition) is 4. The van der Waals surface area contributed by atoms with E-state index in [1.807, 2.05) is 31.2 Å². The van der Waals surface area contributed by atoms with E-state index < -0.39 is 0 Å². The highest BCUT2D eigenvalue weighted by Gasteiger charge is 2.07. The Balaban J connectivity index is 1.84. The zero-order valence-corrected chi connectivity index (χ0v) is 11.3. The van der Waals surface area contributed by atoms with Gasteiger partial charge in [0.1, 0.15) is 18.1 Å². The molecule has 0 saturated carbocycles. The molecule has 0 atom stereocenters. The van der Waals surface area contributed by atoms with Gasteiger partial charge >= 0.3 is 0 Å². The average Bonchev–Trinajstić information content (AvgIpc) is 2.79. The summed E-state index contributed by atoms with van der Waals surface area (Å²) in [7, 11) is 0. The van der Waals surface area contributed by atoms with E-state index in [-0.39, 0.29) is 12.2 Å². The fourth-order valence-corrected chi connectivity index (χ4v) is 1.94. The smallest absolute Gasteiger partial charge is 0.287 e. The highest BCUT2D eigenvalue weighted by molar-refractivity contribution is 5.37. The highest BCUT2D eigenvalue weighted by atomic mass is 16.5. The Kier molecular flexibility index (Phi) is 3.02. The molecule has 20 heavy (non-hydrogen) atoms. The molecule has 3 rings (SSSR count). The Morgan fingerprint density at radius 3 is 2.70 bits per heavy atom. The molecule has 5 heteroatoms. The van der Waals surface area contributed by atoms with Crippen molar-refractivity contribution in [1.29, 1.82) is 0 Å². The molecule has 0 spiro atoms. The molecule has 0 amide bonds. The molecule has 0 bridgehead atoms. The van der Waals surface area contributed by atoms with E-state index in [1.165, 1.54) is 16.2 Å². The molecule has 2 aromatic heterocycles. The summed E-state index contributed by atoms with van der Waals surface area (Å²) >= 11 is 0. The predicted octanol–water partition coefficient (Wildman–Crippen LogP) is 2.48. The molecule has 0 radical (unpaired) electrons. The van der Waals surface area contributed by atoms with Gasteiger partial charge in [-0.05, 0) is 26.0 Å². The normalized spacial score (nSPS) is 10.9. The first kappa shape index (κ1) is 12.5. The molecule has 102 valence electrons. The molecule has 0 unspecified atom stereocenters. The van der Waals surface area contributed by atoms with E-state index in [9.17, 15) is 4.79 Å². The van der Waals surface area contributed by atoms with Crippen LogP contribution in [0.15, 0.2) is 45.7 Å². The maximum absolute atomic E-state index is 11.8. The predicted molar refractivity (Wildman–Crippen MR) is 74.0 cm³/mol.